The van der Waals surface area contributed by atoms with E-state index in [1.54, 1.807) is 0 Å². The van der Waals surface area contributed by atoms with Gasteiger partial charge in [0.1, 0.15) is 5.75 Å². The second-order valence-electron chi connectivity index (χ2n) is 8.10. The monoisotopic (exact) mass is 359 g/mol. The third-order valence-electron chi connectivity index (χ3n) is 6.27. The summed E-state index contributed by atoms with van der Waals surface area (Å²) < 4.78 is 5.82. The molecule has 0 amide bonds. The second kappa shape index (κ2) is 8.90. The molecular formula is C22H33NO3. The number of hydrogen-bond donors (Lipinski definition) is 2. The minimum Gasteiger partial charge on any atom is -0.493 e. The molecule has 2 aliphatic heterocycles. The third-order valence-corrected chi connectivity index (χ3v) is 6.27. The summed E-state index contributed by atoms with van der Waals surface area (Å²) in [6.07, 6.45) is 7.68. The Balaban J connectivity index is 1.71. The second-order valence-corrected chi connectivity index (χ2v) is 8.10. The highest BCUT2D eigenvalue weighted by atomic mass is 16.5. The summed E-state index contributed by atoms with van der Waals surface area (Å²) >= 11 is 0. The average molecular weight is 360 g/mol. The molecule has 144 valence electrons. The molecular weight excluding hydrogens is 326 g/mol. The van der Waals surface area contributed by atoms with Gasteiger partial charge in [0, 0.05) is 18.5 Å². The van der Waals surface area contributed by atoms with Gasteiger partial charge in [-0.05, 0) is 48.8 Å². The normalized spacial score (nSPS) is 26.6. The van der Waals surface area contributed by atoms with E-state index in [9.17, 15) is 9.90 Å². The van der Waals surface area contributed by atoms with E-state index in [1.807, 2.05) is 6.07 Å². The lowest BCUT2D eigenvalue weighted by Crippen LogP contribution is -2.32. The molecule has 3 rings (SSSR count). The summed E-state index contributed by atoms with van der Waals surface area (Å²) in [5.41, 5.74) is 2.39. The Bertz CT molecular complexity index is 615. The molecule has 2 N–H and O–H groups in total. The summed E-state index contributed by atoms with van der Waals surface area (Å²) in [6, 6.07) is 6.40. The van der Waals surface area contributed by atoms with Crippen LogP contribution in [-0.4, -0.2) is 30.3 Å². The fourth-order valence-electron chi connectivity index (χ4n) is 4.42. The van der Waals surface area contributed by atoms with Crippen LogP contribution in [0.25, 0.3) is 0 Å². The van der Waals surface area contributed by atoms with Crippen LogP contribution < -0.4 is 10.1 Å². The zero-order chi connectivity index (χ0) is 18.5. The van der Waals surface area contributed by atoms with Crippen LogP contribution in [0.1, 0.15) is 69.4 Å². The SMILES string of the molecule is CCC(C)CCCC1NCC(c2ccc3c(c2)CCCCO3)[C@H]1C(=O)O. The molecule has 0 radical (unpaired) electrons. The third kappa shape index (κ3) is 4.40. The predicted octanol–water partition coefficient (Wildman–Crippen LogP) is 4.37. The van der Waals surface area contributed by atoms with Crippen molar-refractivity contribution in [3.05, 3.63) is 29.3 Å². The molecule has 4 atom stereocenters. The number of aryl methyl sites for hydroxylation is 1. The van der Waals surface area contributed by atoms with Crippen LogP contribution >= 0.6 is 0 Å². The first-order chi connectivity index (χ1) is 12.6. The van der Waals surface area contributed by atoms with Crippen molar-refractivity contribution in [1.29, 1.82) is 0 Å². The van der Waals surface area contributed by atoms with Crippen LogP contribution in [-0.2, 0) is 11.2 Å². The fraction of sp³-hybridized carbons (Fsp3) is 0.682. The maximum Gasteiger partial charge on any atom is 0.308 e. The van der Waals surface area contributed by atoms with Gasteiger partial charge in [-0.2, -0.15) is 0 Å². The molecule has 1 aromatic carbocycles. The molecule has 0 spiro atoms. The molecule has 0 saturated carbocycles. The van der Waals surface area contributed by atoms with E-state index in [0.717, 1.165) is 62.5 Å². The Labute approximate surface area is 157 Å². The maximum absolute atomic E-state index is 12.0. The van der Waals surface area contributed by atoms with Gasteiger partial charge in [-0.3, -0.25) is 4.79 Å². The van der Waals surface area contributed by atoms with E-state index in [-0.39, 0.29) is 17.9 Å². The Kier molecular flexibility index (Phi) is 6.58. The largest absolute Gasteiger partial charge is 0.493 e. The van der Waals surface area contributed by atoms with E-state index in [2.05, 4.69) is 31.3 Å². The van der Waals surface area contributed by atoms with Crippen molar-refractivity contribution in [2.45, 2.75) is 70.8 Å². The number of fused-ring (bicyclic) bond motifs is 1. The maximum atomic E-state index is 12.0. The predicted molar refractivity (Wildman–Crippen MR) is 104 cm³/mol. The molecule has 1 aromatic rings. The lowest BCUT2D eigenvalue weighted by molar-refractivity contribution is -0.142. The number of carbonyl (C=O) groups is 1. The van der Waals surface area contributed by atoms with Gasteiger partial charge in [-0.15, -0.1) is 0 Å². The van der Waals surface area contributed by atoms with Crippen molar-refractivity contribution >= 4 is 5.97 Å². The topological polar surface area (TPSA) is 58.6 Å². The van der Waals surface area contributed by atoms with Gasteiger partial charge in [0.25, 0.3) is 0 Å². The van der Waals surface area contributed by atoms with Crippen LogP contribution in [0.4, 0.5) is 0 Å². The van der Waals surface area contributed by atoms with Gasteiger partial charge in [0.2, 0.25) is 0 Å². The van der Waals surface area contributed by atoms with Crippen molar-refractivity contribution in [2.75, 3.05) is 13.2 Å². The standard InChI is InChI=1S/C22H33NO3/c1-3-15(2)7-6-9-19-21(22(24)25)18(14-23-19)16-10-11-20-17(13-16)8-4-5-12-26-20/h10-11,13,15,18-19,21,23H,3-9,12,14H2,1-2H3,(H,24,25)/t15?,18?,19?,21-/m1/s1. The number of aliphatic carboxylic acids is 1. The highest BCUT2D eigenvalue weighted by Crippen LogP contribution is 2.37. The lowest BCUT2D eigenvalue weighted by Gasteiger charge is -2.22. The first-order valence-corrected chi connectivity index (χ1v) is 10.3. The number of ether oxygens (including phenoxy) is 1. The molecule has 4 heteroatoms. The van der Waals surface area contributed by atoms with E-state index >= 15 is 0 Å². The van der Waals surface area contributed by atoms with Crippen LogP contribution in [0.2, 0.25) is 0 Å². The van der Waals surface area contributed by atoms with E-state index < -0.39 is 5.97 Å². The zero-order valence-corrected chi connectivity index (χ0v) is 16.2. The van der Waals surface area contributed by atoms with Crippen LogP contribution in [0.3, 0.4) is 0 Å². The summed E-state index contributed by atoms with van der Waals surface area (Å²) in [4.78, 5) is 12.0. The number of carboxylic acids is 1. The van der Waals surface area contributed by atoms with Crippen LogP contribution in [0, 0.1) is 11.8 Å². The Hall–Kier alpha value is -1.55. The number of benzene rings is 1. The van der Waals surface area contributed by atoms with Crippen LogP contribution in [0.5, 0.6) is 5.75 Å². The summed E-state index contributed by atoms with van der Waals surface area (Å²) in [5.74, 6) is 0.750. The molecule has 1 fully saturated rings. The number of hydrogen-bond acceptors (Lipinski definition) is 3. The van der Waals surface area contributed by atoms with Gasteiger partial charge >= 0.3 is 5.97 Å². The first kappa shape index (κ1) is 19.2. The van der Waals surface area contributed by atoms with Gasteiger partial charge in [0.05, 0.1) is 12.5 Å². The first-order valence-electron chi connectivity index (χ1n) is 10.3. The molecule has 2 heterocycles. The fourth-order valence-corrected chi connectivity index (χ4v) is 4.42. The van der Waals surface area contributed by atoms with Gasteiger partial charge in [-0.25, -0.2) is 0 Å². The summed E-state index contributed by atoms with van der Waals surface area (Å²) in [6.45, 7) is 6.03. The Morgan fingerprint density at radius 1 is 1.38 bits per heavy atom. The van der Waals surface area contributed by atoms with Gasteiger partial charge in [-0.1, -0.05) is 45.2 Å². The smallest absolute Gasteiger partial charge is 0.308 e. The van der Waals surface area contributed by atoms with Crippen molar-refractivity contribution in [3.63, 3.8) is 0 Å². The Morgan fingerprint density at radius 3 is 3.00 bits per heavy atom. The van der Waals surface area contributed by atoms with Crippen molar-refractivity contribution in [3.8, 4) is 5.75 Å². The molecule has 0 aromatic heterocycles. The minimum absolute atomic E-state index is 0.0506. The highest BCUT2D eigenvalue weighted by molar-refractivity contribution is 5.73. The van der Waals surface area contributed by atoms with E-state index in [1.165, 1.54) is 18.4 Å². The summed E-state index contributed by atoms with van der Waals surface area (Å²) in [7, 11) is 0. The quantitative estimate of drug-likeness (QED) is 0.759. The lowest BCUT2D eigenvalue weighted by atomic mass is 9.82. The van der Waals surface area contributed by atoms with Crippen molar-refractivity contribution in [2.24, 2.45) is 11.8 Å². The molecule has 4 nitrogen and oxygen atoms in total. The van der Waals surface area contributed by atoms with Crippen molar-refractivity contribution < 1.29 is 14.6 Å². The zero-order valence-electron chi connectivity index (χ0n) is 16.2. The number of rotatable bonds is 7. The Morgan fingerprint density at radius 2 is 2.23 bits per heavy atom. The molecule has 0 aliphatic carbocycles. The average Bonchev–Trinajstić information content (AvgIpc) is 2.91. The van der Waals surface area contributed by atoms with Gasteiger partial charge in [0.15, 0.2) is 0 Å². The molecule has 3 unspecified atom stereocenters. The number of carboxylic acid groups (broad SMARTS) is 1. The molecule has 26 heavy (non-hydrogen) atoms. The molecule has 0 bridgehead atoms. The van der Waals surface area contributed by atoms with E-state index in [0.29, 0.717) is 0 Å². The molecule has 1 saturated heterocycles. The van der Waals surface area contributed by atoms with E-state index in [4.69, 9.17) is 4.74 Å². The number of nitrogens with one attached hydrogen (secondary N) is 1. The minimum atomic E-state index is -0.667. The molecule has 2 aliphatic rings. The van der Waals surface area contributed by atoms with Crippen LogP contribution in [0.15, 0.2) is 18.2 Å². The van der Waals surface area contributed by atoms with Crippen molar-refractivity contribution in [1.82, 2.24) is 5.32 Å². The highest BCUT2D eigenvalue weighted by Gasteiger charge is 2.41. The summed E-state index contributed by atoms with van der Waals surface area (Å²) in [5, 5.41) is 13.4. The van der Waals surface area contributed by atoms with Gasteiger partial charge < -0.3 is 15.2 Å².